The Labute approximate surface area is 134 Å². The third-order valence-electron chi connectivity index (χ3n) is 3.69. The number of hydrogen-bond acceptors (Lipinski definition) is 4. The van der Waals surface area contributed by atoms with Crippen molar-refractivity contribution in [3.05, 3.63) is 59.2 Å². The molecule has 3 rings (SSSR count). The van der Waals surface area contributed by atoms with E-state index in [0.717, 1.165) is 32.0 Å². The zero-order chi connectivity index (χ0) is 16.1. The van der Waals surface area contributed by atoms with Gasteiger partial charge in [0.2, 0.25) is 5.88 Å². The van der Waals surface area contributed by atoms with Gasteiger partial charge in [-0.3, -0.25) is 0 Å². The van der Waals surface area contributed by atoms with E-state index in [9.17, 15) is 4.39 Å². The van der Waals surface area contributed by atoms with Crippen molar-refractivity contribution < 1.29 is 9.13 Å². The van der Waals surface area contributed by atoms with Gasteiger partial charge in [-0.15, -0.1) is 0 Å². The lowest BCUT2D eigenvalue weighted by molar-refractivity contribution is 0.288. The molecule has 1 aromatic carbocycles. The monoisotopic (exact) mass is 312 g/mol. The highest BCUT2D eigenvalue weighted by atomic mass is 19.1. The first kappa shape index (κ1) is 15.3. The third kappa shape index (κ3) is 3.76. The molecule has 0 unspecified atom stereocenters. The van der Waals surface area contributed by atoms with E-state index in [0.29, 0.717) is 11.4 Å². The Morgan fingerprint density at radius 3 is 2.83 bits per heavy atom. The van der Waals surface area contributed by atoms with Crippen molar-refractivity contribution in [2.24, 2.45) is 0 Å². The topological polar surface area (TPSA) is 41.8 Å². The van der Waals surface area contributed by atoms with Crippen LogP contribution in [0.2, 0.25) is 0 Å². The van der Waals surface area contributed by atoms with Gasteiger partial charge in [-0.1, -0.05) is 18.2 Å². The smallest absolute Gasteiger partial charge is 0.215 e. The van der Waals surface area contributed by atoms with Crippen LogP contribution in [0.4, 0.5) is 15.9 Å². The van der Waals surface area contributed by atoms with Crippen LogP contribution in [-0.2, 0) is 6.61 Å². The summed E-state index contributed by atoms with van der Waals surface area (Å²) in [6, 6.07) is 9.97. The van der Waals surface area contributed by atoms with Crippen molar-refractivity contribution in [2.45, 2.75) is 6.61 Å². The average molecular weight is 312 g/mol. The first-order valence-electron chi connectivity index (χ1n) is 7.47. The van der Waals surface area contributed by atoms with Crippen LogP contribution in [0.3, 0.4) is 0 Å². The maximum absolute atomic E-state index is 13.9. The molecule has 0 aliphatic carbocycles. The Morgan fingerprint density at radius 2 is 2.09 bits per heavy atom. The molecule has 0 saturated carbocycles. The minimum Gasteiger partial charge on any atom is -0.473 e. The quantitative estimate of drug-likeness (QED) is 0.882. The molecular weight excluding hydrogens is 295 g/mol. The molecule has 0 atom stereocenters. The molecule has 1 aromatic heterocycles. The molecule has 1 aliphatic heterocycles. The number of pyridine rings is 1. The summed E-state index contributed by atoms with van der Waals surface area (Å²) < 4.78 is 19.5. The highest BCUT2D eigenvalue weighted by Gasteiger charge is 2.12. The van der Waals surface area contributed by atoms with Gasteiger partial charge in [0.25, 0.3) is 0 Å². The Balaban J connectivity index is 1.67. The highest BCUT2D eigenvalue weighted by molar-refractivity contribution is 5.46. The second-order valence-electron chi connectivity index (χ2n) is 5.25. The van der Waals surface area contributed by atoms with Gasteiger partial charge >= 0.3 is 0 Å². The van der Waals surface area contributed by atoms with E-state index in [4.69, 9.17) is 11.3 Å². The summed E-state index contributed by atoms with van der Waals surface area (Å²) in [7, 11) is 0. The van der Waals surface area contributed by atoms with Gasteiger partial charge in [-0.2, -0.15) is 4.98 Å². The van der Waals surface area contributed by atoms with E-state index >= 15 is 0 Å². The summed E-state index contributed by atoms with van der Waals surface area (Å²) in [4.78, 5) is 9.87. The first-order chi connectivity index (χ1) is 11.3. The molecular formula is C17H17FN4O. The van der Waals surface area contributed by atoms with Gasteiger partial charge in [-0.05, 0) is 12.1 Å². The number of benzene rings is 1. The molecule has 2 heterocycles. The van der Waals surface area contributed by atoms with Crippen LogP contribution in [0.15, 0.2) is 36.4 Å². The fourth-order valence-electron chi connectivity index (χ4n) is 2.43. The number of hydrogen-bond donors (Lipinski definition) is 1. The van der Waals surface area contributed by atoms with E-state index in [1.54, 1.807) is 18.2 Å². The summed E-state index contributed by atoms with van der Waals surface area (Å²) >= 11 is 0. The van der Waals surface area contributed by atoms with Crippen molar-refractivity contribution in [3.63, 3.8) is 0 Å². The predicted molar refractivity (Wildman–Crippen MR) is 86.3 cm³/mol. The zero-order valence-electron chi connectivity index (χ0n) is 12.6. The minimum atomic E-state index is -0.434. The van der Waals surface area contributed by atoms with Crippen molar-refractivity contribution >= 4 is 11.5 Å². The second kappa shape index (κ2) is 7.07. The Morgan fingerprint density at radius 1 is 1.26 bits per heavy atom. The minimum absolute atomic E-state index is 0.0854. The summed E-state index contributed by atoms with van der Waals surface area (Å²) in [6.07, 6.45) is 0. The summed E-state index contributed by atoms with van der Waals surface area (Å²) in [6.45, 7) is 10.6. The van der Waals surface area contributed by atoms with Crippen LogP contribution < -0.4 is 15.0 Å². The molecule has 0 bridgehead atoms. The van der Waals surface area contributed by atoms with Crippen molar-refractivity contribution in [2.75, 3.05) is 31.1 Å². The second-order valence-corrected chi connectivity index (χ2v) is 5.25. The van der Waals surface area contributed by atoms with Crippen LogP contribution in [0, 0.1) is 12.4 Å². The third-order valence-corrected chi connectivity index (χ3v) is 3.69. The standard InChI is InChI=1S/C17H17FN4O/c1-19-14-6-5-13(15(18)11-14)12-23-17-4-2-3-16(21-17)22-9-7-20-8-10-22/h2-6,11,20H,7-10,12H2. The van der Waals surface area contributed by atoms with Crippen LogP contribution in [0.5, 0.6) is 5.88 Å². The van der Waals surface area contributed by atoms with E-state index < -0.39 is 5.82 Å². The number of rotatable bonds is 4. The van der Waals surface area contributed by atoms with E-state index in [2.05, 4.69) is 20.0 Å². The number of halogens is 1. The molecule has 1 N–H and O–H groups in total. The van der Waals surface area contributed by atoms with Crippen LogP contribution in [0.1, 0.15) is 5.56 Å². The molecule has 1 aliphatic rings. The molecule has 0 amide bonds. The average Bonchev–Trinajstić information content (AvgIpc) is 2.61. The maximum atomic E-state index is 13.9. The number of ether oxygens (including phenoxy) is 1. The Bertz CT molecular complexity index is 723. The number of nitrogens with zero attached hydrogens (tertiary/aromatic N) is 3. The van der Waals surface area contributed by atoms with Crippen molar-refractivity contribution in [3.8, 4) is 5.88 Å². The molecule has 2 aromatic rings. The van der Waals surface area contributed by atoms with Crippen LogP contribution >= 0.6 is 0 Å². The SMILES string of the molecule is [C-]#[N+]c1ccc(COc2cccc(N3CCNCC3)n2)c(F)c1. The Kier molecular flexibility index (Phi) is 4.69. The molecule has 1 fully saturated rings. The highest BCUT2D eigenvalue weighted by Crippen LogP contribution is 2.20. The molecule has 0 radical (unpaired) electrons. The molecule has 6 heteroatoms. The lowest BCUT2D eigenvalue weighted by Gasteiger charge is -2.28. The summed E-state index contributed by atoms with van der Waals surface area (Å²) in [5.41, 5.74) is 0.692. The van der Waals surface area contributed by atoms with Gasteiger partial charge in [0, 0.05) is 37.8 Å². The van der Waals surface area contributed by atoms with Gasteiger partial charge in [0.15, 0.2) is 5.69 Å². The number of aromatic nitrogens is 1. The van der Waals surface area contributed by atoms with E-state index in [1.165, 1.54) is 6.07 Å². The molecule has 0 spiro atoms. The summed E-state index contributed by atoms with van der Waals surface area (Å²) in [5, 5.41) is 3.30. The number of nitrogens with one attached hydrogen (secondary N) is 1. The fourth-order valence-corrected chi connectivity index (χ4v) is 2.43. The van der Waals surface area contributed by atoms with Gasteiger partial charge in [-0.25, -0.2) is 9.24 Å². The number of piperazine rings is 1. The Hall–Kier alpha value is -2.65. The lowest BCUT2D eigenvalue weighted by atomic mass is 10.2. The zero-order valence-corrected chi connectivity index (χ0v) is 12.6. The molecule has 23 heavy (non-hydrogen) atoms. The molecule has 118 valence electrons. The normalized spacial score (nSPS) is 14.3. The lowest BCUT2D eigenvalue weighted by Crippen LogP contribution is -2.43. The van der Waals surface area contributed by atoms with Gasteiger partial charge < -0.3 is 15.0 Å². The van der Waals surface area contributed by atoms with E-state index in [1.807, 2.05) is 12.1 Å². The number of anilines is 1. The van der Waals surface area contributed by atoms with E-state index in [-0.39, 0.29) is 12.3 Å². The van der Waals surface area contributed by atoms with Gasteiger partial charge in [0.05, 0.1) is 6.57 Å². The largest absolute Gasteiger partial charge is 0.473 e. The maximum Gasteiger partial charge on any atom is 0.215 e. The first-order valence-corrected chi connectivity index (χ1v) is 7.47. The van der Waals surface area contributed by atoms with Crippen LogP contribution in [-0.4, -0.2) is 31.2 Å². The predicted octanol–water partition coefficient (Wildman–Crippen LogP) is 2.76. The van der Waals surface area contributed by atoms with Crippen molar-refractivity contribution in [1.29, 1.82) is 0 Å². The van der Waals surface area contributed by atoms with Crippen LogP contribution in [0.25, 0.3) is 4.85 Å². The van der Waals surface area contributed by atoms with Gasteiger partial charge in [0.1, 0.15) is 18.2 Å². The summed E-state index contributed by atoms with van der Waals surface area (Å²) in [5.74, 6) is 0.902. The molecule has 1 saturated heterocycles. The molecule has 5 nitrogen and oxygen atoms in total. The fraction of sp³-hybridized carbons (Fsp3) is 0.294. The van der Waals surface area contributed by atoms with Crippen molar-refractivity contribution in [1.82, 2.24) is 10.3 Å².